The zero-order valence-electron chi connectivity index (χ0n) is 5.80. The van der Waals surface area contributed by atoms with Gasteiger partial charge < -0.3 is 0 Å². The van der Waals surface area contributed by atoms with Crippen LogP contribution >= 0.6 is 11.6 Å². The minimum Gasteiger partial charge on any atom is -0.295 e. The summed E-state index contributed by atoms with van der Waals surface area (Å²) in [5, 5.41) is 6.61. The molecular weight excluding hydrogens is 164 g/mol. The number of H-pyrrole nitrogens is 1. The van der Waals surface area contributed by atoms with Crippen molar-refractivity contribution in [3.8, 4) is 0 Å². The van der Waals surface area contributed by atoms with Crippen LogP contribution in [0.1, 0.15) is 5.56 Å². The van der Waals surface area contributed by atoms with Crippen molar-refractivity contribution in [1.82, 2.24) is 10.2 Å². The molecule has 1 heterocycles. The van der Waals surface area contributed by atoms with Crippen LogP contribution < -0.4 is 0 Å². The summed E-state index contributed by atoms with van der Waals surface area (Å²) in [6, 6.07) is 0. The minimum atomic E-state index is -0.0618. The molecule has 3 nitrogen and oxygen atoms in total. The molecule has 58 valence electrons. The Kier molecular flexibility index (Phi) is 2.44. The van der Waals surface area contributed by atoms with E-state index in [4.69, 9.17) is 11.6 Å². The number of carbonyl (C=O) groups is 1. The van der Waals surface area contributed by atoms with Gasteiger partial charge in [-0.3, -0.25) is 9.89 Å². The van der Waals surface area contributed by atoms with E-state index in [2.05, 4.69) is 16.8 Å². The fourth-order valence-electron chi connectivity index (χ4n) is 0.678. The van der Waals surface area contributed by atoms with Gasteiger partial charge in [-0.25, -0.2) is 0 Å². The van der Waals surface area contributed by atoms with E-state index in [0.717, 1.165) is 0 Å². The summed E-state index contributed by atoms with van der Waals surface area (Å²) < 4.78 is 0. The Balaban J connectivity index is 2.71. The molecule has 0 unspecified atom stereocenters. The number of hydrogen-bond acceptors (Lipinski definition) is 2. The first-order chi connectivity index (χ1) is 5.24. The predicted octanol–water partition coefficient (Wildman–Crippen LogP) is 1.36. The van der Waals surface area contributed by atoms with Crippen molar-refractivity contribution in [3.05, 3.63) is 29.6 Å². The van der Waals surface area contributed by atoms with Gasteiger partial charge in [0, 0.05) is 12.0 Å². The highest BCUT2D eigenvalue weighted by Gasteiger charge is 2.04. The van der Waals surface area contributed by atoms with Gasteiger partial charge in [0.25, 0.3) is 0 Å². The summed E-state index contributed by atoms with van der Waals surface area (Å²) in [5.74, 6) is -0.0618. The third-order valence-electron chi connectivity index (χ3n) is 1.26. The van der Waals surface area contributed by atoms with E-state index >= 15 is 0 Å². The van der Waals surface area contributed by atoms with Crippen LogP contribution in [0.25, 0.3) is 0 Å². The summed E-state index contributed by atoms with van der Waals surface area (Å²) in [6.07, 6.45) is 3.06. The highest BCUT2D eigenvalue weighted by Crippen LogP contribution is 2.11. The van der Waals surface area contributed by atoms with Crippen molar-refractivity contribution in [3.63, 3.8) is 0 Å². The lowest BCUT2D eigenvalue weighted by Gasteiger charge is -1.90. The SMILES string of the molecule is C=CC(=O)Cc1cn[nH]c1Cl. The van der Waals surface area contributed by atoms with Gasteiger partial charge in [-0.05, 0) is 6.08 Å². The van der Waals surface area contributed by atoms with E-state index in [1.54, 1.807) is 0 Å². The number of carbonyl (C=O) groups excluding carboxylic acids is 1. The van der Waals surface area contributed by atoms with Gasteiger partial charge in [0.1, 0.15) is 5.15 Å². The van der Waals surface area contributed by atoms with Crippen LogP contribution in [0, 0.1) is 0 Å². The van der Waals surface area contributed by atoms with Gasteiger partial charge in [0.05, 0.1) is 6.20 Å². The van der Waals surface area contributed by atoms with E-state index in [9.17, 15) is 4.79 Å². The van der Waals surface area contributed by atoms with E-state index in [-0.39, 0.29) is 12.2 Å². The summed E-state index contributed by atoms with van der Waals surface area (Å²) in [6.45, 7) is 3.35. The second-order valence-corrected chi connectivity index (χ2v) is 2.43. The smallest absolute Gasteiger partial charge is 0.159 e. The van der Waals surface area contributed by atoms with Crippen molar-refractivity contribution >= 4 is 17.4 Å². The number of aromatic nitrogens is 2. The molecule has 0 saturated heterocycles. The zero-order chi connectivity index (χ0) is 8.27. The fourth-order valence-corrected chi connectivity index (χ4v) is 0.843. The van der Waals surface area contributed by atoms with Gasteiger partial charge >= 0.3 is 0 Å². The molecular formula is C7H7ClN2O. The third kappa shape index (κ3) is 1.91. The number of ketones is 1. The van der Waals surface area contributed by atoms with E-state index in [1.165, 1.54) is 12.3 Å². The maximum absolute atomic E-state index is 10.8. The average molecular weight is 171 g/mol. The van der Waals surface area contributed by atoms with Crippen molar-refractivity contribution in [1.29, 1.82) is 0 Å². The molecule has 0 aliphatic carbocycles. The number of hydrogen-bond donors (Lipinski definition) is 1. The second-order valence-electron chi connectivity index (χ2n) is 2.06. The van der Waals surface area contributed by atoms with Gasteiger partial charge in [-0.15, -0.1) is 0 Å². The number of rotatable bonds is 3. The molecule has 1 aromatic rings. The summed E-state index contributed by atoms with van der Waals surface area (Å²) in [5.41, 5.74) is 0.705. The summed E-state index contributed by atoms with van der Waals surface area (Å²) >= 11 is 5.64. The largest absolute Gasteiger partial charge is 0.295 e. The highest BCUT2D eigenvalue weighted by atomic mass is 35.5. The number of nitrogens with one attached hydrogen (secondary N) is 1. The normalized spacial score (nSPS) is 9.55. The molecule has 11 heavy (non-hydrogen) atoms. The first-order valence-corrected chi connectivity index (χ1v) is 3.45. The fraction of sp³-hybridized carbons (Fsp3) is 0.143. The second kappa shape index (κ2) is 3.34. The zero-order valence-corrected chi connectivity index (χ0v) is 6.56. The minimum absolute atomic E-state index is 0.0618. The van der Waals surface area contributed by atoms with Crippen molar-refractivity contribution in [2.24, 2.45) is 0 Å². The molecule has 1 aromatic heterocycles. The number of allylic oxidation sites excluding steroid dienone is 1. The van der Waals surface area contributed by atoms with Crippen LogP contribution in [0.3, 0.4) is 0 Å². The Morgan fingerprint density at radius 3 is 3.09 bits per heavy atom. The standard InChI is InChI=1S/C7H7ClN2O/c1-2-6(11)3-5-4-9-10-7(5)8/h2,4H,1,3H2,(H,9,10). The van der Waals surface area contributed by atoms with E-state index in [0.29, 0.717) is 10.7 Å². The molecule has 0 aliphatic heterocycles. The highest BCUT2D eigenvalue weighted by molar-refractivity contribution is 6.30. The Hall–Kier alpha value is -1.09. The van der Waals surface area contributed by atoms with Crippen molar-refractivity contribution in [2.45, 2.75) is 6.42 Å². The van der Waals surface area contributed by atoms with Crippen LogP contribution in [-0.4, -0.2) is 16.0 Å². The molecule has 0 radical (unpaired) electrons. The topological polar surface area (TPSA) is 45.8 Å². The van der Waals surface area contributed by atoms with E-state index in [1.807, 2.05) is 0 Å². The Bertz CT molecular complexity index is 280. The van der Waals surface area contributed by atoms with Crippen molar-refractivity contribution in [2.75, 3.05) is 0 Å². The lowest BCUT2D eigenvalue weighted by atomic mass is 10.2. The first kappa shape index (κ1) is 8.01. The average Bonchev–Trinajstić information content (AvgIpc) is 2.37. The Labute approximate surface area is 69.1 Å². The molecule has 0 spiro atoms. The van der Waals surface area contributed by atoms with Crippen LogP contribution in [-0.2, 0) is 11.2 Å². The van der Waals surface area contributed by atoms with Crippen LogP contribution in [0.5, 0.6) is 0 Å². The lowest BCUT2D eigenvalue weighted by Crippen LogP contribution is -1.96. The summed E-state index contributed by atoms with van der Waals surface area (Å²) in [4.78, 5) is 10.8. The number of halogens is 1. The Morgan fingerprint density at radius 1 is 1.91 bits per heavy atom. The maximum atomic E-state index is 10.8. The molecule has 4 heteroatoms. The third-order valence-corrected chi connectivity index (χ3v) is 1.58. The number of nitrogens with zero attached hydrogens (tertiary/aromatic N) is 1. The summed E-state index contributed by atoms with van der Waals surface area (Å²) in [7, 11) is 0. The molecule has 0 aromatic carbocycles. The molecule has 0 fully saturated rings. The molecule has 1 rings (SSSR count). The van der Waals surface area contributed by atoms with Gasteiger partial charge in [0.15, 0.2) is 5.78 Å². The quantitative estimate of drug-likeness (QED) is 0.697. The Morgan fingerprint density at radius 2 is 2.64 bits per heavy atom. The van der Waals surface area contributed by atoms with Crippen LogP contribution in [0.15, 0.2) is 18.9 Å². The van der Waals surface area contributed by atoms with Gasteiger partial charge in [0.2, 0.25) is 0 Å². The van der Waals surface area contributed by atoms with Crippen LogP contribution in [0.4, 0.5) is 0 Å². The molecule has 0 saturated carbocycles. The number of aromatic amines is 1. The van der Waals surface area contributed by atoms with Gasteiger partial charge in [-0.2, -0.15) is 5.10 Å². The van der Waals surface area contributed by atoms with Gasteiger partial charge in [-0.1, -0.05) is 18.2 Å². The first-order valence-electron chi connectivity index (χ1n) is 3.07. The van der Waals surface area contributed by atoms with Crippen molar-refractivity contribution < 1.29 is 4.79 Å². The molecule has 0 amide bonds. The lowest BCUT2D eigenvalue weighted by molar-refractivity contribution is -0.114. The molecule has 0 bridgehead atoms. The monoisotopic (exact) mass is 170 g/mol. The molecule has 0 aliphatic rings. The van der Waals surface area contributed by atoms with Crippen LogP contribution in [0.2, 0.25) is 5.15 Å². The molecule has 1 N–H and O–H groups in total. The predicted molar refractivity (Wildman–Crippen MR) is 42.5 cm³/mol. The maximum Gasteiger partial charge on any atom is 0.159 e. The van der Waals surface area contributed by atoms with E-state index < -0.39 is 0 Å². The molecule has 0 atom stereocenters.